The minimum absolute atomic E-state index is 0. The summed E-state index contributed by atoms with van der Waals surface area (Å²) in [5, 5.41) is 19.7. The van der Waals surface area contributed by atoms with Crippen LogP contribution in [0.5, 0.6) is 0 Å². The molecule has 0 aromatic rings. The summed E-state index contributed by atoms with van der Waals surface area (Å²) in [4.78, 5) is 12.5. The first-order valence-electron chi connectivity index (χ1n) is 3.77. The standard InChI is InChI=1S/C7H15N2O3.CH3.W/c1-8-6-7(12)9(2-4-10)3-5-11;;/h6,8,10-11H,2-5H2,1H3;1H3;/q2*-1;+2. The average molecular weight is 374 g/mol. The fraction of sp³-hybridized carbons (Fsp3) is 0.625. The number of rotatable bonds is 6. The molecule has 84 valence electrons. The molecule has 0 bridgehead atoms. The Bertz CT molecular complexity index is 130. The van der Waals surface area contributed by atoms with Crippen LogP contribution in [0.4, 0.5) is 0 Å². The minimum Gasteiger partial charge on any atom is -0.449 e. The molecule has 0 rings (SSSR count). The van der Waals surface area contributed by atoms with Crippen LogP contribution in [0.25, 0.3) is 0 Å². The van der Waals surface area contributed by atoms with Crippen molar-refractivity contribution in [2.75, 3.05) is 33.4 Å². The van der Waals surface area contributed by atoms with E-state index in [1.54, 1.807) is 7.05 Å². The molecule has 0 unspecified atom stereocenters. The number of carbonyl (C=O) groups is 1. The third-order valence-corrected chi connectivity index (χ3v) is 1.32. The minimum atomic E-state index is -0.236. The van der Waals surface area contributed by atoms with Gasteiger partial charge >= 0.3 is 21.1 Å². The number of hydrogen-bond donors (Lipinski definition) is 3. The Labute approximate surface area is 99.7 Å². The number of amides is 1. The molecule has 3 N–H and O–H groups in total. The molecule has 14 heavy (non-hydrogen) atoms. The molecular formula is C8H18N2O3W. The Kier molecular flexibility index (Phi) is 18.0. The van der Waals surface area contributed by atoms with Gasteiger partial charge in [-0.05, 0) is 7.05 Å². The molecule has 0 atom stereocenters. The summed E-state index contributed by atoms with van der Waals surface area (Å²) >= 11 is 0. The number of carbonyl (C=O) groups excluding carboxylic acids is 1. The van der Waals surface area contributed by atoms with E-state index < -0.39 is 0 Å². The van der Waals surface area contributed by atoms with Crippen molar-refractivity contribution in [3.05, 3.63) is 14.0 Å². The van der Waals surface area contributed by atoms with Crippen LogP contribution in [0.3, 0.4) is 0 Å². The van der Waals surface area contributed by atoms with Crippen LogP contribution in [0.1, 0.15) is 0 Å². The molecule has 0 aromatic heterocycles. The molecule has 1 amide bonds. The van der Waals surface area contributed by atoms with Gasteiger partial charge in [-0.15, -0.1) is 0 Å². The zero-order valence-corrected chi connectivity index (χ0v) is 11.5. The molecule has 0 fully saturated rings. The van der Waals surface area contributed by atoms with Crippen LogP contribution >= 0.6 is 0 Å². The first kappa shape index (κ1) is 19.5. The van der Waals surface area contributed by atoms with Crippen LogP contribution in [0.2, 0.25) is 0 Å². The van der Waals surface area contributed by atoms with Crippen molar-refractivity contribution < 1.29 is 36.1 Å². The quantitative estimate of drug-likeness (QED) is 0.502. The first-order valence-corrected chi connectivity index (χ1v) is 3.77. The van der Waals surface area contributed by atoms with E-state index in [4.69, 9.17) is 10.2 Å². The van der Waals surface area contributed by atoms with E-state index in [-0.39, 0.29) is 60.7 Å². The van der Waals surface area contributed by atoms with Gasteiger partial charge in [0, 0.05) is 13.1 Å². The fourth-order valence-electron chi connectivity index (χ4n) is 0.788. The molecule has 0 aliphatic heterocycles. The van der Waals surface area contributed by atoms with Gasteiger partial charge in [-0.2, -0.15) is 0 Å². The molecule has 5 nitrogen and oxygen atoms in total. The summed E-state index contributed by atoms with van der Waals surface area (Å²) in [5.41, 5.74) is 0. The van der Waals surface area contributed by atoms with Crippen LogP contribution in [0.15, 0.2) is 0 Å². The van der Waals surface area contributed by atoms with Gasteiger partial charge in [0.15, 0.2) is 0 Å². The van der Waals surface area contributed by atoms with Crippen molar-refractivity contribution in [3.8, 4) is 0 Å². The van der Waals surface area contributed by atoms with Gasteiger partial charge in [0.1, 0.15) is 0 Å². The summed E-state index contributed by atoms with van der Waals surface area (Å²) in [5.74, 6) is -0.236. The molecule has 0 aromatic carbocycles. The van der Waals surface area contributed by atoms with Gasteiger partial charge in [-0.25, -0.2) is 6.54 Å². The monoisotopic (exact) mass is 374 g/mol. The van der Waals surface area contributed by atoms with E-state index in [1.807, 2.05) is 0 Å². The molecule has 0 spiro atoms. The van der Waals surface area contributed by atoms with Crippen molar-refractivity contribution >= 4 is 5.91 Å². The van der Waals surface area contributed by atoms with Crippen molar-refractivity contribution in [3.63, 3.8) is 0 Å². The zero-order chi connectivity index (χ0) is 9.40. The number of hydrogen-bond acceptors (Lipinski definition) is 4. The normalized spacial score (nSPS) is 8.21. The van der Waals surface area contributed by atoms with E-state index >= 15 is 0 Å². The maximum absolute atomic E-state index is 11.1. The van der Waals surface area contributed by atoms with Gasteiger partial charge in [0.2, 0.25) is 0 Å². The number of aliphatic hydroxyl groups excluding tert-OH is 2. The summed E-state index contributed by atoms with van der Waals surface area (Å²) in [6.45, 7) is 1.59. The molecule has 0 saturated carbocycles. The van der Waals surface area contributed by atoms with Crippen molar-refractivity contribution in [1.29, 1.82) is 0 Å². The summed E-state index contributed by atoms with van der Waals surface area (Å²) in [6.07, 6.45) is 0. The average Bonchev–Trinajstić information content (AvgIpc) is 2.04. The summed E-state index contributed by atoms with van der Waals surface area (Å²) in [7, 11) is 1.62. The Morgan fingerprint density at radius 2 is 1.79 bits per heavy atom. The molecule has 6 heteroatoms. The molecule has 0 radical (unpaired) electrons. The van der Waals surface area contributed by atoms with Crippen molar-refractivity contribution in [2.24, 2.45) is 0 Å². The largest absolute Gasteiger partial charge is 2.00 e. The van der Waals surface area contributed by atoms with E-state index in [1.165, 1.54) is 11.4 Å². The second-order valence-electron chi connectivity index (χ2n) is 2.21. The topological polar surface area (TPSA) is 72.8 Å². The van der Waals surface area contributed by atoms with Crippen LogP contribution in [-0.2, 0) is 25.9 Å². The maximum atomic E-state index is 11.1. The van der Waals surface area contributed by atoms with Crippen molar-refractivity contribution in [1.82, 2.24) is 10.2 Å². The fourth-order valence-corrected chi connectivity index (χ4v) is 0.788. The SMILES string of the molecule is CN[CH-]C(=O)N(CCO)CCO.[CH3-].[W+2]. The van der Waals surface area contributed by atoms with Gasteiger partial charge in [0.25, 0.3) is 0 Å². The van der Waals surface area contributed by atoms with E-state index in [9.17, 15) is 4.79 Å². The second-order valence-corrected chi connectivity index (χ2v) is 2.21. The molecule has 0 aliphatic rings. The summed E-state index contributed by atoms with van der Waals surface area (Å²) < 4.78 is 0. The van der Waals surface area contributed by atoms with Crippen LogP contribution < -0.4 is 5.32 Å². The van der Waals surface area contributed by atoms with Crippen LogP contribution in [0, 0.1) is 14.0 Å². The molecular weight excluding hydrogens is 356 g/mol. The predicted molar refractivity (Wildman–Crippen MR) is 50.5 cm³/mol. The number of nitrogens with zero attached hydrogens (tertiary/aromatic N) is 1. The van der Waals surface area contributed by atoms with E-state index in [2.05, 4.69) is 5.32 Å². The summed E-state index contributed by atoms with van der Waals surface area (Å²) in [6, 6.07) is 0. The molecule has 0 heterocycles. The molecule has 0 saturated heterocycles. The molecule has 0 aliphatic carbocycles. The van der Waals surface area contributed by atoms with Gasteiger partial charge in [0.05, 0.1) is 19.1 Å². The van der Waals surface area contributed by atoms with Gasteiger partial charge in [-0.3, -0.25) is 0 Å². The third kappa shape index (κ3) is 8.50. The van der Waals surface area contributed by atoms with E-state index in [0.717, 1.165) is 0 Å². The maximum Gasteiger partial charge on any atom is 2.00 e. The number of likely N-dealkylation sites (N-methyl/N-ethyl adjacent to an activating group) is 1. The number of aliphatic hydroxyl groups is 2. The Balaban J connectivity index is -0.000000605. The Morgan fingerprint density at radius 1 is 1.36 bits per heavy atom. The third-order valence-electron chi connectivity index (χ3n) is 1.32. The second kappa shape index (κ2) is 12.9. The first-order chi connectivity index (χ1) is 5.76. The number of nitrogens with one attached hydrogen (secondary N) is 1. The van der Waals surface area contributed by atoms with Crippen LogP contribution in [-0.4, -0.2) is 54.4 Å². The van der Waals surface area contributed by atoms with Gasteiger partial charge in [-0.1, -0.05) is 0 Å². The zero-order valence-electron chi connectivity index (χ0n) is 8.56. The van der Waals surface area contributed by atoms with Gasteiger partial charge < -0.3 is 32.7 Å². The smallest absolute Gasteiger partial charge is 0.449 e. The van der Waals surface area contributed by atoms with Crippen molar-refractivity contribution in [2.45, 2.75) is 0 Å². The predicted octanol–water partition coefficient (Wildman–Crippen LogP) is -1.37. The Morgan fingerprint density at radius 3 is 2.07 bits per heavy atom. The van der Waals surface area contributed by atoms with E-state index in [0.29, 0.717) is 0 Å². The Hall–Kier alpha value is -0.0917.